The fourth-order valence-electron chi connectivity index (χ4n) is 1.66. The van der Waals surface area contributed by atoms with Crippen molar-refractivity contribution < 1.29 is 0 Å². The Morgan fingerprint density at radius 1 is 1.46 bits per heavy atom. The van der Waals surface area contributed by atoms with E-state index in [2.05, 4.69) is 35.5 Å². The summed E-state index contributed by atoms with van der Waals surface area (Å²) in [6, 6.07) is 0. The quantitative estimate of drug-likeness (QED) is 0.653. The summed E-state index contributed by atoms with van der Waals surface area (Å²) in [6.45, 7) is 0.714. The van der Waals surface area contributed by atoms with E-state index in [1.165, 1.54) is 16.1 Å². The molecule has 2 rings (SSSR count). The predicted molar refractivity (Wildman–Crippen MR) is 55.5 cm³/mol. The van der Waals surface area contributed by atoms with Gasteiger partial charge in [0.05, 0.1) is 0 Å². The van der Waals surface area contributed by atoms with Gasteiger partial charge in [-0.3, -0.25) is 0 Å². The van der Waals surface area contributed by atoms with Crippen LogP contribution in [0.15, 0.2) is 18.3 Å². The lowest BCUT2D eigenvalue weighted by atomic mass is 10.2. The second-order valence-corrected chi connectivity index (χ2v) is 3.21. The predicted octanol–water partition coefficient (Wildman–Crippen LogP) is 0.0368. The molecule has 0 aliphatic heterocycles. The van der Waals surface area contributed by atoms with Crippen LogP contribution in [0.2, 0.25) is 0 Å². The van der Waals surface area contributed by atoms with Crippen LogP contribution >= 0.6 is 0 Å². The summed E-state index contributed by atoms with van der Waals surface area (Å²) in [4.78, 5) is 3.26. The fraction of sp³-hybridized carbons (Fsp3) is 0.273. The van der Waals surface area contributed by atoms with Gasteiger partial charge in [-0.1, -0.05) is 18.2 Å². The van der Waals surface area contributed by atoms with Gasteiger partial charge in [0.25, 0.3) is 0 Å². The number of allylic oxidation sites excluding steroid dienone is 2. The Kier molecular flexibility index (Phi) is 2.32. The van der Waals surface area contributed by atoms with Gasteiger partial charge in [-0.05, 0) is 36.2 Å². The van der Waals surface area contributed by atoms with Gasteiger partial charge in [-0.2, -0.15) is 0 Å². The van der Waals surface area contributed by atoms with Crippen molar-refractivity contribution in [3.8, 4) is 0 Å². The van der Waals surface area contributed by atoms with Crippen molar-refractivity contribution in [3.63, 3.8) is 0 Å². The molecule has 1 aliphatic carbocycles. The minimum Gasteiger partial charge on any atom is -0.361 e. The van der Waals surface area contributed by atoms with Crippen molar-refractivity contribution in [1.82, 2.24) is 4.98 Å². The largest absolute Gasteiger partial charge is 0.361 e. The second-order valence-electron chi connectivity index (χ2n) is 3.21. The third kappa shape index (κ3) is 1.58. The van der Waals surface area contributed by atoms with Crippen molar-refractivity contribution in [2.75, 3.05) is 6.54 Å². The first-order valence-corrected chi connectivity index (χ1v) is 4.65. The molecule has 0 spiro atoms. The Balaban J connectivity index is 2.55. The molecule has 0 saturated heterocycles. The van der Waals surface area contributed by atoms with Crippen LogP contribution in [0.3, 0.4) is 0 Å². The third-order valence-corrected chi connectivity index (χ3v) is 2.31. The van der Waals surface area contributed by atoms with Crippen LogP contribution in [0.4, 0.5) is 0 Å². The maximum absolute atomic E-state index is 5.54. The lowest BCUT2D eigenvalue weighted by Gasteiger charge is -1.91. The molecule has 0 bridgehead atoms. The van der Waals surface area contributed by atoms with E-state index >= 15 is 0 Å². The molecular formula is C11H14N2. The van der Waals surface area contributed by atoms with Crippen LogP contribution in [0.1, 0.15) is 12.0 Å². The molecule has 68 valence electrons. The molecule has 1 heterocycles. The van der Waals surface area contributed by atoms with Crippen LogP contribution in [-0.4, -0.2) is 11.5 Å². The highest BCUT2D eigenvalue weighted by Gasteiger charge is 1.98. The standard InChI is InChI=1S/C11H14N2/c12-7-6-9-8-13-11-5-3-1-2-4-10(9)11/h1,3-5,8,13H,2,6-7,12H2. The molecule has 0 amide bonds. The molecule has 13 heavy (non-hydrogen) atoms. The highest BCUT2D eigenvalue weighted by molar-refractivity contribution is 5.44. The molecule has 3 N–H and O–H groups in total. The molecule has 0 aromatic carbocycles. The Bertz CT molecular complexity index is 423. The highest BCUT2D eigenvalue weighted by Crippen LogP contribution is 1.92. The Morgan fingerprint density at radius 3 is 3.23 bits per heavy atom. The molecule has 2 heteroatoms. The number of rotatable bonds is 2. The maximum atomic E-state index is 5.54. The topological polar surface area (TPSA) is 41.8 Å². The SMILES string of the molecule is NCCc1c[nH]c2c1=CCC=CC=2. The Morgan fingerprint density at radius 2 is 2.38 bits per heavy atom. The van der Waals surface area contributed by atoms with Crippen molar-refractivity contribution in [1.29, 1.82) is 0 Å². The zero-order valence-corrected chi connectivity index (χ0v) is 7.59. The summed E-state index contributed by atoms with van der Waals surface area (Å²) < 4.78 is 0. The van der Waals surface area contributed by atoms with Gasteiger partial charge in [0.15, 0.2) is 0 Å². The van der Waals surface area contributed by atoms with Crippen molar-refractivity contribution in [2.24, 2.45) is 5.73 Å². The number of hydrogen-bond acceptors (Lipinski definition) is 1. The third-order valence-electron chi connectivity index (χ3n) is 2.31. The highest BCUT2D eigenvalue weighted by atomic mass is 14.7. The molecule has 0 saturated carbocycles. The Hall–Kier alpha value is -1.28. The first-order chi connectivity index (χ1) is 6.42. The van der Waals surface area contributed by atoms with Gasteiger partial charge in [0.1, 0.15) is 0 Å². The molecule has 1 aliphatic rings. The minimum absolute atomic E-state index is 0.714. The van der Waals surface area contributed by atoms with Crippen LogP contribution in [0, 0.1) is 0 Å². The Labute approximate surface area is 77.5 Å². The monoisotopic (exact) mass is 174 g/mol. The lowest BCUT2D eigenvalue weighted by Crippen LogP contribution is -2.25. The zero-order chi connectivity index (χ0) is 9.10. The average Bonchev–Trinajstić information content (AvgIpc) is 2.38. The van der Waals surface area contributed by atoms with Crippen molar-refractivity contribution in [3.05, 3.63) is 34.5 Å². The first-order valence-electron chi connectivity index (χ1n) is 4.65. The molecule has 1 aromatic rings. The van der Waals surface area contributed by atoms with Crippen LogP contribution in [0.5, 0.6) is 0 Å². The molecule has 0 fully saturated rings. The maximum Gasteiger partial charge on any atom is 0.0453 e. The lowest BCUT2D eigenvalue weighted by molar-refractivity contribution is 0.964. The van der Waals surface area contributed by atoms with Crippen LogP contribution in [0.25, 0.3) is 12.2 Å². The summed E-state index contributed by atoms with van der Waals surface area (Å²) in [5.74, 6) is 0. The molecule has 0 atom stereocenters. The molecular weight excluding hydrogens is 160 g/mol. The fourth-order valence-corrected chi connectivity index (χ4v) is 1.66. The van der Waals surface area contributed by atoms with E-state index < -0.39 is 0 Å². The van der Waals surface area contributed by atoms with Gasteiger partial charge < -0.3 is 10.7 Å². The van der Waals surface area contributed by atoms with E-state index in [9.17, 15) is 0 Å². The van der Waals surface area contributed by atoms with Crippen LogP contribution < -0.4 is 16.3 Å². The van der Waals surface area contributed by atoms with E-state index in [1.54, 1.807) is 0 Å². The van der Waals surface area contributed by atoms with Gasteiger partial charge in [-0.25, -0.2) is 0 Å². The molecule has 2 nitrogen and oxygen atoms in total. The van der Waals surface area contributed by atoms with Crippen molar-refractivity contribution >= 4 is 12.2 Å². The zero-order valence-electron chi connectivity index (χ0n) is 7.59. The molecule has 1 aromatic heterocycles. The number of fused-ring (bicyclic) bond motifs is 1. The number of nitrogens with two attached hydrogens (primary N) is 1. The van der Waals surface area contributed by atoms with E-state index in [4.69, 9.17) is 5.73 Å². The van der Waals surface area contributed by atoms with Gasteiger partial charge in [-0.15, -0.1) is 0 Å². The summed E-state index contributed by atoms with van der Waals surface area (Å²) in [6.07, 6.45) is 12.6. The summed E-state index contributed by atoms with van der Waals surface area (Å²) in [5, 5.41) is 2.53. The normalized spacial score (nSPS) is 14.2. The average molecular weight is 174 g/mol. The molecule has 0 unspecified atom stereocenters. The number of aromatic nitrogens is 1. The number of aromatic amines is 1. The number of H-pyrrole nitrogens is 1. The minimum atomic E-state index is 0.714. The van der Waals surface area contributed by atoms with E-state index in [-0.39, 0.29) is 0 Å². The van der Waals surface area contributed by atoms with E-state index in [0.717, 1.165) is 12.8 Å². The van der Waals surface area contributed by atoms with E-state index in [1.807, 2.05) is 0 Å². The van der Waals surface area contributed by atoms with Gasteiger partial charge in [0, 0.05) is 11.5 Å². The second kappa shape index (κ2) is 3.62. The number of nitrogens with one attached hydrogen (secondary N) is 1. The van der Waals surface area contributed by atoms with Gasteiger partial charge in [0.2, 0.25) is 0 Å². The van der Waals surface area contributed by atoms with E-state index in [0.29, 0.717) is 6.54 Å². The van der Waals surface area contributed by atoms with Gasteiger partial charge >= 0.3 is 0 Å². The summed E-state index contributed by atoms with van der Waals surface area (Å²) >= 11 is 0. The van der Waals surface area contributed by atoms with Crippen LogP contribution in [-0.2, 0) is 6.42 Å². The van der Waals surface area contributed by atoms with Crippen molar-refractivity contribution in [2.45, 2.75) is 12.8 Å². The summed E-state index contributed by atoms with van der Waals surface area (Å²) in [7, 11) is 0. The number of hydrogen-bond donors (Lipinski definition) is 2. The summed E-state index contributed by atoms with van der Waals surface area (Å²) in [5.41, 5.74) is 6.87. The smallest absolute Gasteiger partial charge is 0.0453 e. The molecule has 0 radical (unpaired) electrons. The first kappa shape index (κ1) is 8.32.